The first kappa shape index (κ1) is 13.9. The lowest BCUT2D eigenvalue weighted by molar-refractivity contribution is 0.415. The van der Waals surface area contributed by atoms with Crippen LogP contribution in [0.2, 0.25) is 5.02 Å². The lowest BCUT2D eigenvalue weighted by Gasteiger charge is -2.10. The summed E-state index contributed by atoms with van der Waals surface area (Å²) in [6, 6.07) is 18.2. The van der Waals surface area contributed by atoms with Gasteiger partial charge in [-0.15, -0.1) is 0 Å². The summed E-state index contributed by atoms with van der Waals surface area (Å²) in [7, 11) is 1.68. The van der Waals surface area contributed by atoms with Crippen molar-refractivity contribution in [1.82, 2.24) is 0 Å². The molecule has 3 aromatic rings. The van der Waals surface area contributed by atoms with Crippen molar-refractivity contribution in [1.29, 1.82) is 0 Å². The van der Waals surface area contributed by atoms with Gasteiger partial charge in [0.25, 0.3) is 0 Å². The van der Waals surface area contributed by atoms with E-state index in [4.69, 9.17) is 22.1 Å². The van der Waals surface area contributed by atoms with Gasteiger partial charge in [-0.1, -0.05) is 35.9 Å². The van der Waals surface area contributed by atoms with Crippen molar-refractivity contribution in [3.8, 4) is 16.9 Å². The molecule has 2 nitrogen and oxygen atoms in total. The van der Waals surface area contributed by atoms with Crippen LogP contribution in [0.3, 0.4) is 0 Å². The summed E-state index contributed by atoms with van der Waals surface area (Å²) in [5, 5.41) is 3.03. The maximum Gasteiger partial charge on any atom is 0.119 e. The highest BCUT2D eigenvalue weighted by Crippen LogP contribution is 2.30. The Hall–Kier alpha value is -2.03. The lowest BCUT2D eigenvalue weighted by atomic mass is 9.97. The average Bonchev–Trinajstić information content (AvgIpc) is 2.53. The van der Waals surface area contributed by atoms with Crippen LogP contribution >= 0.6 is 11.6 Å². The molecule has 2 N–H and O–H groups in total. The first-order valence-electron chi connectivity index (χ1n) is 6.78. The SMILES string of the molecule is COc1ccc2cc(-c3cc(Cl)ccc3CN)ccc2c1. The Morgan fingerprint density at radius 2 is 1.71 bits per heavy atom. The molecule has 0 saturated heterocycles. The summed E-state index contributed by atoms with van der Waals surface area (Å²) >= 11 is 6.12. The number of fused-ring (bicyclic) bond motifs is 1. The zero-order chi connectivity index (χ0) is 14.8. The second-order valence-electron chi connectivity index (χ2n) is 4.93. The van der Waals surface area contributed by atoms with E-state index in [0.717, 1.165) is 38.2 Å². The summed E-state index contributed by atoms with van der Waals surface area (Å²) < 4.78 is 5.26. The van der Waals surface area contributed by atoms with E-state index in [2.05, 4.69) is 24.3 Å². The van der Waals surface area contributed by atoms with Crippen molar-refractivity contribution in [2.75, 3.05) is 7.11 Å². The molecule has 0 aromatic heterocycles. The average molecular weight is 298 g/mol. The molecule has 0 bridgehead atoms. The predicted octanol–water partition coefficient (Wildman–Crippen LogP) is 4.63. The zero-order valence-electron chi connectivity index (χ0n) is 11.8. The Bertz CT molecular complexity index is 798. The van der Waals surface area contributed by atoms with Gasteiger partial charge in [0.2, 0.25) is 0 Å². The lowest BCUT2D eigenvalue weighted by Crippen LogP contribution is -1.98. The summed E-state index contributed by atoms with van der Waals surface area (Å²) in [5.41, 5.74) is 9.13. The summed E-state index contributed by atoms with van der Waals surface area (Å²) in [6.07, 6.45) is 0. The predicted molar refractivity (Wildman–Crippen MR) is 88.8 cm³/mol. The topological polar surface area (TPSA) is 35.2 Å². The van der Waals surface area contributed by atoms with Gasteiger partial charge < -0.3 is 10.5 Å². The first-order valence-corrected chi connectivity index (χ1v) is 7.16. The highest BCUT2D eigenvalue weighted by atomic mass is 35.5. The van der Waals surface area contributed by atoms with Gasteiger partial charge in [-0.3, -0.25) is 0 Å². The Morgan fingerprint density at radius 1 is 0.952 bits per heavy atom. The molecule has 3 aromatic carbocycles. The van der Waals surface area contributed by atoms with Gasteiger partial charge in [0.1, 0.15) is 5.75 Å². The van der Waals surface area contributed by atoms with E-state index in [0.29, 0.717) is 6.54 Å². The zero-order valence-corrected chi connectivity index (χ0v) is 12.5. The van der Waals surface area contributed by atoms with E-state index in [1.54, 1.807) is 7.11 Å². The van der Waals surface area contributed by atoms with E-state index in [1.807, 2.05) is 30.3 Å². The number of hydrogen-bond donors (Lipinski definition) is 1. The third-order valence-corrected chi connectivity index (χ3v) is 3.89. The number of hydrogen-bond acceptors (Lipinski definition) is 2. The summed E-state index contributed by atoms with van der Waals surface area (Å²) in [5.74, 6) is 0.862. The minimum absolute atomic E-state index is 0.493. The van der Waals surface area contributed by atoms with Crippen LogP contribution in [0.4, 0.5) is 0 Å². The number of benzene rings is 3. The largest absolute Gasteiger partial charge is 0.497 e. The van der Waals surface area contributed by atoms with Crippen LogP contribution in [0, 0.1) is 0 Å². The Labute approximate surface area is 129 Å². The highest BCUT2D eigenvalue weighted by molar-refractivity contribution is 6.30. The van der Waals surface area contributed by atoms with Gasteiger partial charge in [-0.25, -0.2) is 0 Å². The fourth-order valence-electron chi connectivity index (χ4n) is 2.51. The third-order valence-electron chi connectivity index (χ3n) is 3.65. The van der Waals surface area contributed by atoms with E-state index >= 15 is 0 Å². The Kier molecular flexibility index (Phi) is 3.82. The van der Waals surface area contributed by atoms with Gasteiger partial charge >= 0.3 is 0 Å². The van der Waals surface area contributed by atoms with Crippen molar-refractivity contribution in [2.45, 2.75) is 6.54 Å². The van der Waals surface area contributed by atoms with Crippen molar-refractivity contribution >= 4 is 22.4 Å². The van der Waals surface area contributed by atoms with E-state index in [-0.39, 0.29) is 0 Å². The molecule has 0 heterocycles. The molecule has 0 spiro atoms. The number of halogens is 1. The van der Waals surface area contributed by atoms with Crippen molar-refractivity contribution < 1.29 is 4.74 Å². The van der Waals surface area contributed by atoms with Gasteiger partial charge in [0, 0.05) is 11.6 Å². The van der Waals surface area contributed by atoms with Crippen LogP contribution in [-0.4, -0.2) is 7.11 Å². The van der Waals surface area contributed by atoms with E-state index < -0.39 is 0 Å². The first-order chi connectivity index (χ1) is 10.2. The molecule has 106 valence electrons. The van der Waals surface area contributed by atoms with Crippen molar-refractivity contribution in [3.05, 3.63) is 65.2 Å². The van der Waals surface area contributed by atoms with Gasteiger partial charge in [0.15, 0.2) is 0 Å². The number of rotatable bonds is 3. The minimum Gasteiger partial charge on any atom is -0.497 e. The molecule has 0 fully saturated rings. The summed E-state index contributed by atoms with van der Waals surface area (Å²) in [4.78, 5) is 0. The van der Waals surface area contributed by atoms with Crippen LogP contribution in [0.15, 0.2) is 54.6 Å². The second kappa shape index (κ2) is 5.76. The molecule has 0 aliphatic rings. The van der Waals surface area contributed by atoms with Gasteiger partial charge in [-0.2, -0.15) is 0 Å². The molecule has 0 radical (unpaired) electrons. The molecule has 0 unspecified atom stereocenters. The second-order valence-corrected chi connectivity index (χ2v) is 5.37. The minimum atomic E-state index is 0.493. The fourth-order valence-corrected chi connectivity index (χ4v) is 2.69. The standard InChI is InChI=1S/C18H16ClNO/c1-21-17-7-5-12-8-14(3-2-13(12)9-17)18-10-16(19)6-4-15(18)11-20/h2-10H,11,20H2,1H3. The van der Waals surface area contributed by atoms with Gasteiger partial charge in [-0.05, 0) is 57.8 Å². The number of ether oxygens (including phenoxy) is 1. The quantitative estimate of drug-likeness (QED) is 0.765. The maximum atomic E-state index is 6.12. The van der Waals surface area contributed by atoms with Crippen LogP contribution in [0.5, 0.6) is 5.75 Å². The summed E-state index contributed by atoms with van der Waals surface area (Å²) in [6.45, 7) is 0.493. The van der Waals surface area contributed by atoms with E-state index in [1.165, 1.54) is 0 Å². The molecule has 3 rings (SSSR count). The monoisotopic (exact) mass is 297 g/mol. The Balaban J connectivity index is 2.15. The highest BCUT2D eigenvalue weighted by Gasteiger charge is 2.06. The Morgan fingerprint density at radius 3 is 2.48 bits per heavy atom. The van der Waals surface area contributed by atoms with Crippen LogP contribution in [0.1, 0.15) is 5.56 Å². The van der Waals surface area contributed by atoms with E-state index in [9.17, 15) is 0 Å². The molecule has 0 aliphatic heterocycles. The van der Waals surface area contributed by atoms with Crippen molar-refractivity contribution in [2.24, 2.45) is 5.73 Å². The number of nitrogens with two attached hydrogens (primary N) is 1. The molecule has 0 atom stereocenters. The molecule has 3 heteroatoms. The number of methoxy groups -OCH3 is 1. The molecular weight excluding hydrogens is 282 g/mol. The molecule has 0 amide bonds. The van der Waals surface area contributed by atoms with Crippen LogP contribution < -0.4 is 10.5 Å². The smallest absolute Gasteiger partial charge is 0.119 e. The molecular formula is C18H16ClNO. The van der Waals surface area contributed by atoms with Crippen LogP contribution in [0.25, 0.3) is 21.9 Å². The molecule has 21 heavy (non-hydrogen) atoms. The third kappa shape index (κ3) is 2.73. The molecule has 0 saturated carbocycles. The van der Waals surface area contributed by atoms with Crippen LogP contribution in [-0.2, 0) is 6.54 Å². The van der Waals surface area contributed by atoms with Crippen molar-refractivity contribution in [3.63, 3.8) is 0 Å². The fraction of sp³-hybridized carbons (Fsp3) is 0.111. The maximum absolute atomic E-state index is 6.12. The molecule has 0 aliphatic carbocycles. The van der Waals surface area contributed by atoms with Gasteiger partial charge in [0.05, 0.1) is 7.11 Å². The normalized spacial score (nSPS) is 10.8.